The van der Waals surface area contributed by atoms with Gasteiger partial charge in [0.05, 0.1) is 0 Å². The topological polar surface area (TPSA) is 34.1 Å². The number of hydrogen-bond acceptors (Lipinski definition) is 2. The van der Waals surface area contributed by atoms with Crippen LogP contribution in [0.3, 0.4) is 0 Å². The number of rotatable bonds is 66. The lowest BCUT2D eigenvalue weighted by Crippen LogP contribution is -1.97. The van der Waals surface area contributed by atoms with E-state index >= 15 is 0 Å². The van der Waals surface area contributed by atoms with Crippen molar-refractivity contribution >= 4 is 11.6 Å². The second kappa shape index (κ2) is 72.3. The summed E-state index contributed by atoms with van der Waals surface area (Å²) in [6, 6.07) is 0. The predicted molar refractivity (Wildman–Crippen MR) is 337 cm³/mol. The lowest BCUT2D eigenvalue weighted by molar-refractivity contribution is -0.120. The fourth-order valence-corrected chi connectivity index (χ4v) is 11.4. The molecule has 0 aliphatic heterocycles. The van der Waals surface area contributed by atoms with Gasteiger partial charge in [-0.05, 0) is 25.7 Å². The summed E-state index contributed by atoms with van der Waals surface area (Å²) in [7, 11) is 0. The normalized spacial score (nSPS) is 11.4. The minimum absolute atomic E-state index is 0.527. The predicted octanol–water partition coefficient (Wildman–Crippen LogP) is 26.9. The Hall–Kier alpha value is -0.660. The average molecular weight is 1040 g/mol. The molecule has 0 radical (unpaired) electrons. The van der Waals surface area contributed by atoms with Crippen molar-refractivity contribution in [1.82, 2.24) is 0 Å². The van der Waals surface area contributed by atoms with Crippen molar-refractivity contribution in [3.8, 4) is 0 Å². The largest absolute Gasteiger partial charge is 0.300 e. The van der Waals surface area contributed by atoms with Gasteiger partial charge in [-0.25, -0.2) is 0 Å². The fourth-order valence-electron chi connectivity index (χ4n) is 11.4. The molecule has 0 spiro atoms. The van der Waals surface area contributed by atoms with Crippen molar-refractivity contribution < 1.29 is 9.59 Å². The van der Waals surface area contributed by atoms with Crippen molar-refractivity contribution in [3.63, 3.8) is 0 Å². The molecule has 0 aliphatic carbocycles. The van der Waals surface area contributed by atoms with Crippen LogP contribution in [0.2, 0.25) is 0 Å². The molecule has 0 atom stereocenters. The van der Waals surface area contributed by atoms with E-state index in [2.05, 4.69) is 27.7 Å². The second-order valence-corrected chi connectivity index (χ2v) is 24.6. The maximum absolute atomic E-state index is 12.1. The third-order valence-electron chi connectivity index (χ3n) is 16.7. The Morgan fingerprint density at radius 2 is 0.216 bits per heavy atom. The number of Topliss-reactive ketones (excluding diaryl/α,β-unsaturated/α-hetero) is 2. The van der Waals surface area contributed by atoms with Crippen molar-refractivity contribution in [2.24, 2.45) is 0 Å². The van der Waals surface area contributed by atoms with E-state index in [9.17, 15) is 9.59 Å². The Morgan fingerprint density at radius 1 is 0.135 bits per heavy atom. The van der Waals surface area contributed by atoms with E-state index in [-0.39, 0.29) is 0 Å². The monoisotopic (exact) mass is 1040 g/mol. The first-order valence-corrected chi connectivity index (χ1v) is 35.7. The van der Waals surface area contributed by atoms with Crippen LogP contribution in [-0.4, -0.2) is 11.6 Å². The van der Waals surface area contributed by atoms with Crippen LogP contribution in [0.15, 0.2) is 0 Å². The highest BCUT2D eigenvalue weighted by Crippen LogP contribution is 2.19. The summed E-state index contributed by atoms with van der Waals surface area (Å²) in [6.45, 7) is 9.18. The van der Waals surface area contributed by atoms with E-state index < -0.39 is 0 Å². The Morgan fingerprint density at radius 3 is 0.311 bits per heavy atom. The summed E-state index contributed by atoms with van der Waals surface area (Å²) in [6.07, 6.45) is 89.8. The van der Waals surface area contributed by atoms with Gasteiger partial charge in [0.1, 0.15) is 11.6 Å². The van der Waals surface area contributed by atoms with E-state index in [1.54, 1.807) is 0 Å². The van der Waals surface area contributed by atoms with Crippen LogP contribution in [0.25, 0.3) is 0 Å². The molecule has 0 saturated heterocycles. The molecule has 2 heteroatoms. The van der Waals surface area contributed by atoms with Crippen LogP contribution < -0.4 is 0 Å². The molecule has 0 aliphatic rings. The minimum Gasteiger partial charge on any atom is -0.300 e. The molecular formula is C72H144O2. The SMILES string of the molecule is CCCCCCCCCCCCCCCCCC(=O)CCCCCCCCCCCCCCCCC.CCCCCCCCCCCCCCCCCCC(=O)CCCCCCCCCCCCCCCCCC. The van der Waals surface area contributed by atoms with Crippen LogP contribution in [-0.2, 0) is 9.59 Å². The van der Waals surface area contributed by atoms with E-state index in [4.69, 9.17) is 0 Å². The maximum atomic E-state index is 12.1. The molecule has 2 nitrogen and oxygen atoms in total. The first-order valence-electron chi connectivity index (χ1n) is 35.7. The first kappa shape index (κ1) is 75.4. The molecule has 444 valence electrons. The zero-order chi connectivity index (χ0) is 53.8. The third-order valence-corrected chi connectivity index (χ3v) is 16.7. The smallest absolute Gasteiger partial charge is 0.132 e. The Balaban J connectivity index is 0. The molecule has 0 fully saturated rings. The van der Waals surface area contributed by atoms with Crippen LogP contribution in [0.5, 0.6) is 0 Å². The molecule has 0 aromatic carbocycles. The summed E-state index contributed by atoms with van der Waals surface area (Å²) in [5.41, 5.74) is 0. The van der Waals surface area contributed by atoms with E-state index in [1.807, 2.05) is 0 Å². The van der Waals surface area contributed by atoms with Gasteiger partial charge in [0.15, 0.2) is 0 Å². The summed E-state index contributed by atoms with van der Waals surface area (Å²) >= 11 is 0. The Kier molecular flexibility index (Phi) is 73.7. The molecule has 0 heterocycles. The van der Waals surface area contributed by atoms with Gasteiger partial charge in [-0.3, -0.25) is 9.59 Å². The molecule has 0 unspecified atom stereocenters. The fraction of sp³-hybridized carbons (Fsp3) is 0.972. The number of carbonyl (C=O) groups is 2. The van der Waals surface area contributed by atoms with Crippen molar-refractivity contribution in [1.29, 1.82) is 0 Å². The molecule has 0 N–H and O–H groups in total. The first-order chi connectivity index (χ1) is 36.6. The van der Waals surface area contributed by atoms with Crippen LogP contribution in [0, 0.1) is 0 Å². The molecule has 0 bridgehead atoms. The zero-order valence-corrected chi connectivity index (χ0v) is 52.5. The van der Waals surface area contributed by atoms with E-state index in [1.165, 1.54) is 372 Å². The van der Waals surface area contributed by atoms with Crippen LogP contribution >= 0.6 is 0 Å². The molecule has 0 aromatic rings. The highest BCUT2D eigenvalue weighted by molar-refractivity contribution is 5.78. The molecule has 0 saturated carbocycles. The molecule has 0 amide bonds. The van der Waals surface area contributed by atoms with Gasteiger partial charge < -0.3 is 0 Å². The van der Waals surface area contributed by atoms with Gasteiger partial charge >= 0.3 is 0 Å². The van der Waals surface area contributed by atoms with E-state index in [0.717, 1.165) is 51.4 Å². The van der Waals surface area contributed by atoms with Gasteiger partial charge in [-0.2, -0.15) is 0 Å². The molecule has 0 rings (SSSR count). The summed E-state index contributed by atoms with van der Waals surface area (Å²) in [5.74, 6) is 1.06. The summed E-state index contributed by atoms with van der Waals surface area (Å²) in [5, 5.41) is 0. The van der Waals surface area contributed by atoms with Crippen molar-refractivity contribution in [2.75, 3.05) is 0 Å². The summed E-state index contributed by atoms with van der Waals surface area (Å²) < 4.78 is 0. The third kappa shape index (κ3) is 73.4. The highest BCUT2D eigenvalue weighted by Gasteiger charge is 2.05. The summed E-state index contributed by atoms with van der Waals surface area (Å²) in [4.78, 5) is 24.2. The van der Waals surface area contributed by atoms with Gasteiger partial charge in [0, 0.05) is 25.7 Å². The number of unbranched alkanes of at least 4 members (excludes halogenated alkanes) is 58. The van der Waals surface area contributed by atoms with Gasteiger partial charge in [-0.15, -0.1) is 0 Å². The van der Waals surface area contributed by atoms with Crippen molar-refractivity contribution in [2.45, 2.75) is 451 Å². The van der Waals surface area contributed by atoms with E-state index in [0.29, 0.717) is 11.6 Å². The maximum Gasteiger partial charge on any atom is 0.132 e. The second-order valence-electron chi connectivity index (χ2n) is 24.6. The zero-order valence-electron chi connectivity index (χ0n) is 52.5. The van der Waals surface area contributed by atoms with Gasteiger partial charge in [-0.1, -0.05) is 400 Å². The van der Waals surface area contributed by atoms with Gasteiger partial charge in [0.25, 0.3) is 0 Å². The van der Waals surface area contributed by atoms with Crippen molar-refractivity contribution in [3.05, 3.63) is 0 Å². The Bertz CT molecular complexity index is 912. The molecule has 74 heavy (non-hydrogen) atoms. The standard InChI is InChI=1S/C37H74O.C35H70O/c1-3-5-7-9-11-13-15-17-19-21-23-25-27-29-31-33-35-37(38)36-34-32-30-28-26-24-22-20-18-16-14-12-10-8-6-4-2;1-3-5-7-9-11-13-15-17-19-21-23-25-27-29-31-33-35(36)34-32-30-28-26-24-22-20-18-16-14-12-10-8-6-4-2/h3-36H2,1-2H3;3-34H2,1-2H3. The number of carbonyl (C=O) groups excluding carboxylic acids is 2. The lowest BCUT2D eigenvalue weighted by Gasteiger charge is -2.04. The molecule has 0 aromatic heterocycles. The quantitative estimate of drug-likeness (QED) is 0.0569. The molecular weight excluding hydrogens is 897 g/mol. The number of ketones is 2. The number of hydrogen-bond donors (Lipinski definition) is 0. The van der Waals surface area contributed by atoms with Gasteiger partial charge in [0.2, 0.25) is 0 Å². The average Bonchev–Trinajstić information content (AvgIpc) is 3.40. The lowest BCUT2D eigenvalue weighted by atomic mass is 10.0. The Labute approximate surface area is 470 Å². The highest BCUT2D eigenvalue weighted by atomic mass is 16.1. The van der Waals surface area contributed by atoms with Crippen LogP contribution in [0.4, 0.5) is 0 Å². The van der Waals surface area contributed by atoms with Crippen LogP contribution in [0.1, 0.15) is 451 Å². The minimum atomic E-state index is 0.527.